The van der Waals surface area contributed by atoms with Crippen LogP contribution in [-0.2, 0) is 6.54 Å². The molecule has 1 aliphatic rings. The maximum absolute atomic E-state index is 4.73. The first-order valence-corrected chi connectivity index (χ1v) is 8.63. The standard InChI is InChI=1S/C13H23N3S2/c1-10(2)8-14-9-12-11(3)15-13(18-12)16-4-6-17-7-5-16/h10,14H,4-9H2,1-3H3. The predicted octanol–water partition coefficient (Wildman–Crippen LogP) is 2.75. The van der Waals surface area contributed by atoms with Gasteiger partial charge in [0.1, 0.15) is 0 Å². The highest BCUT2D eigenvalue weighted by Gasteiger charge is 2.16. The molecule has 0 radical (unpaired) electrons. The molecule has 2 heterocycles. The third-order valence-corrected chi connectivity index (χ3v) is 5.16. The summed E-state index contributed by atoms with van der Waals surface area (Å²) in [6.45, 7) is 10.9. The van der Waals surface area contributed by atoms with Crippen molar-refractivity contribution in [2.75, 3.05) is 36.0 Å². The van der Waals surface area contributed by atoms with Crippen LogP contribution in [0.3, 0.4) is 0 Å². The summed E-state index contributed by atoms with van der Waals surface area (Å²) in [5.41, 5.74) is 1.20. The summed E-state index contributed by atoms with van der Waals surface area (Å²) < 4.78 is 0. The molecule has 18 heavy (non-hydrogen) atoms. The monoisotopic (exact) mass is 285 g/mol. The molecule has 0 unspecified atom stereocenters. The van der Waals surface area contributed by atoms with E-state index in [4.69, 9.17) is 4.98 Å². The average molecular weight is 285 g/mol. The molecule has 1 fully saturated rings. The Morgan fingerprint density at radius 1 is 1.33 bits per heavy atom. The van der Waals surface area contributed by atoms with Crippen LogP contribution in [0.25, 0.3) is 0 Å². The van der Waals surface area contributed by atoms with Crippen LogP contribution < -0.4 is 10.2 Å². The van der Waals surface area contributed by atoms with Gasteiger partial charge in [-0.05, 0) is 19.4 Å². The minimum absolute atomic E-state index is 0.705. The van der Waals surface area contributed by atoms with Gasteiger partial charge in [0.15, 0.2) is 5.13 Å². The Balaban J connectivity index is 1.93. The van der Waals surface area contributed by atoms with Crippen LogP contribution in [0.4, 0.5) is 5.13 Å². The average Bonchev–Trinajstić information content (AvgIpc) is 2.72. The first-order valence-electron chi connectivity index (χ1n) is 6.66. The summed E-state index contributed by atoms with van der Waals surface area (Å²) in [6, 6.07) is 0. The highest BCUT2D eigenvalue weighted by Crippen LogP contribution is 2.27. The van der Waals surface area contributed by atoms with Crippen molar-refractivity contribution in [2.45, 2.75) is 27.3 Å². The van der Waals surface area contributed by atoms with Gasteiger partial charge < -0.3 is 10.2 Å². The molecule has 3 nitrogen and oxygen atoms in total. The summed E-state index contributed by atoms with van der Waals surface area (Å²) in [7, 11) is 0. The molecule has 1 aliphatic heterocycles. The topological polar surface area (TPSA) is 28.2 Å². The molecule has 2 rings (SSSR count). The van der Waals surface area contributed by atoms with Crippen LogP contribution in [0, 0.1) is 12.8 Å². The molecule has 0 bridgehead atoms. The number of aryl methyl sites for hydroxylation is 1. The van der Waals surface area contributed by atoms with Gasteiger partial charge in [-0.15, -0.1) is 11.3 Å². The van der Waals surface area contributed by atoms with E-state index in [-0.39, 0.29) is 0 Å². The molecule has 0 amide bonds. The van der Waals surface area contributed by atoms with E-state index >= 15 is 0 Å². The van der Waals surface area contributed by atoms with Crippen molar-refractivity contribution in [3.05, 3.63) is 10.6 Å². The second-order valence-corrected chi connectivity index (χ2v) is 7.42. The van der Waals surface area contributed by atoms with Crippen LogP contribution in [-0.4, -0.2) is 36.1 Å². The van der Waals surface area contributed by atoms with E-state index in [2.05, 4.69) is 31.0 Å². The Kier molecular flexibility index (Phi) is 5.33. The Morgan fingerprint density at radius 2 is 2.06 bits per heavy atom. The summed E-state index contributed by atoms with van der Waals surface area (Å²) in [5.74, 6) is 3.18. The van der Waals surface area contributed by atoms with Crippen molar-refractivity contribution in [1.29, 1.82) is 0 Å². The summed E-state index contributed by atoms with van der Waals surface area (Å²) in [6.07, 6.45) is 0. The first-order chi connectivity index (χ1) is 8.66. The zero-order valence-corrected chi connectivity index (χ0v) is 13.2. The van der Waals surface area contributed by atoms with Gasteiger partial charge in [-0.2, -0.15) is 11.8 Å². The molecule has 1 saturated heterocycles. The number of anilines is 1. The highest BCUT2D eigenvalue weighted by molar-refractivity contribution is 7.99. The van der Waals surface area contributed by atoms with E-state index in [9.17, 15) is 0 Å². The molecule has 0 aromatic carbocycles. The van der Waals surface area contributed by atoms with E-state index in [1.54, 1.807) is 0 Å². The number of nitrogens with one attached hydrogen (secondary N) is 1. The van der Waals surface area contributed by atoms with Crippen molar-refractivity contribution < 1.29 is 0 Å². The maximum atomic E-state index is 4.73. The fraction of sp³-hybridized carbons (Fsp3) is 0.769. The van der Waals surface area contributed by atoms with Gasteiger partial charge in [0, 0.05) is 36.0 Å². The third kappa shape index (κ3) is 3.87. The lowest BCUT2D eigenvalue weighted by atomic mass is 10.2. The minimum atomic E-state index is 0.705. The summed E-state index contributed by atoms with van der Waals surface area (Å²) >= 11 is 3.90. The zero-order chi connectivity index (χ0) is 13.0. The van der Waals surface area contributed by atoms with Crippen molar-refractivity contribution in [3.63, 3.8) is 0 Å². The predicted molar refractivity (Wildman–Crippen MR) is 82.9 cm³/mol. The van der Waals surface area contributed by atoms with E-state index in [1.807, 2.05) is 23.1 Å². The van der Waals surface area contributed by atoms with Crippen LogP contribution in [0.5, 0.6) is 0 Å². The van der Waals surface area contributed by atoms with Crippen molar-refractivity contribution in [1.82, 2.24) is 10.3 Å². The van der Waals surface area contributed by atoms with Gasteiger partial charge in [-0.3, -0.25) is 0 Å². The van der Waals surface area contributed by atoms with Crippen LogP contribution >= 0.6 is 23.1 Å². The molecule has 0 saturated carbocycles. The van der Waals surface area contributed by atoms with Crippen molar-refractivity contribution in [3.8, 4) is 0 Å². The van der Waals surface area contributed by atoms with Gasteiger partial charge in [0.2, 0.25) is 0 Å². The number of thiazole rings is 1. The molecule has 1 aromatic rings. The number of rotatable bonds is 5. The Labute approximate surface area is 118 Å². The normalized spacial score (nSPS) is 16.6. The van der Waals surface area contributed by atoms with Gasteiger partial charge >= 0.3 is 0 Å². The third-order valence-electron chi connectivity index (χ3n) is 3.00. The molecule has 5 heteroatoms. The van der Waals surface area contributed by atoms with Gasteiger partial charge in [-0.25, -0.2) is 4.98 Å². The molecule has 0 spiro atoms. The van der Waals surface area contributed by atoms with Crippen LogP contribution in [0.2, 0.25) is 0 Å². The fourth-order valence-corrected chi connectivity index (χ4v) is 3.93. The number of hydrogen-bond acceptors (Lipinski definition) is 5. The van der Waals surface area contributed by atoms with E-state index in [0.717, 1.165) is 26.2 Å². The quantitative estimate of drug-likeness (QED) is 0.900. The summed E-state index contributed by atoms with van der Waals surface area (Å²) in [5, 5.41) is 4.72. The zero-order valence-electron chi connectivity index (χ0n) is 11.5. The van der Waals surface area contributed by atoms with E-state index in [0.29, 0.717) is 5.92 Å². The number of thioether (sulfide) groups is 1. The molecular formula is C13H23N3S2. The second kappa shape index (κ2) is 6.78. The SMILES string of the molecule is Cc1nc(N2CCSCC2)sc1CNCC(C)C. The van der Waals surface area contributed by atoms with Crippen LogP contribution in [0.1, 0.15) is 24.4 Å². The molecule has 0 atom stereocenters. The molecular weight excluding hydrogens is 262 g/mol. The Bertz CT molecular complexity index is 370. The van der Waals surface area contributed by atoms with Gasteiger partial charge in [0.05, 0.1) is 5.69 Å². The Morgan fingerprint density at radius 3 is 2.72 bits per heavy atom. The number of nitrogens with zero attached hydrogens (tertiary/aromatic N) is 2. The van der Waals surface area contributed by atoms with E-state index < -0.39 is 0 Å². The smallest absolute Gasteiger partial charge is 0.185 e. The summed E-state index contributed by atoms with van der Waals surface area (Å²) in [4.78, 5) is 8.55. The second-order valence-electron chi connectivity index (χ2n) is 5.13. The Hall–Kier alpha value is -0.260. The maximum Gasteiger partial charge on any atom is 0.185 e. The molecule has 1 aromatic heterocycles. The first kappa shape index (κ1) is 14.2. The van der Waals surface area contributed by atoms with E-state index in [1.165, 1.54) is 27.2 Å². The molecule has 102 valence electrons. The van der Waals surface area contributed by atoms with Crippen molar-refractivity contribution >= 4 is 28.2 Å². The minimum Gasteiger partial charge on any atom is -0.346 e. The highest BCUT2D eigenvalue weighted by atomic mass is 32.2. The lowest BCUT2D eigenvalue weighted by Crippen LogP contribution is -2.32. The molecule has 1 N–H and O–H groups in total. The fourth-order valence-electron chi connectivity index (χ4n) is 1.94. The van der Waals surface area contributed by atoms with Gasteiger partial charge in [-0.1, -0.05) is 13.8 Å². The van der Waals surface area contributed by atoms with Crippen molar-refractivity contribution in [2.24, 2.45) is 5.92 Å². The number of aromatic nitrogens is 1. The number of hydrogen-bond donors (Lipinski definition) is 1. The molecule has 0 aliphatic carbocycles. The lowest BCUT2D eigenvalue weighted by molar-refractivity contribution is 0.554. The van der Waals surface area contributed by atoms with Gasteiger partial charge in [0.25, 0.3) is 0 Å². The lowest BCUT2D eigenvalue weighted by Gasteiger charge is -2.25. The van der Waals surface area contributed by atoms with Crippen LogP contribution in [0.15, 0.2) is 0 Å². The largest absolute Gasteiger partial charge is 0.346 e.